The van der Waals surface area contributed by atoms with Gasteiger partial charge in [-0.2, -0.15) is 0 Å². The minimum Gasteiger partial charge on any atom is -0.324 e. The number of likely N-dealkylation sites (tertiary alicyclic amines) is 1. The molecule has 5 nitrogen and oxygen atoms in total. The fraction of sp³-hybridized carbons (Fsp3) is 0.286. The number of carbonyl (C=O) groups excluding carboxylic acids is 1. The smallest absolute Gasteiger partial charge is 0.324 e. The van der Waals surface area contributed by atoms with Crippen LogP contribution in [0.5, 0.6) is 0 Å². The number of allylic oxidation sites excluding steroid dienone is 1. The van der Waals surface area contributed by atoms with Crippen LogP contribution in [0.2, 0.25) is 0 Å². The Labute approximate surface area is 160 Å². The lowest BCUT2D eigenvalue weighted by Crippen LogP contribution is -2.46. The molecule has 0 atom stereocenters. The minimum absolute atomic E-state index is 0.112. The van der Waals surface area contributed by atoms with Gasteiger partial charge in [0.2, 0.25) is 0 Å². The monoisotopic (exact) mass is 384 g/mol. The van der Waals surface area contributed by atoms with E-state index in [1.165, 1.54) is 12.5 Å². The van der Waals surface area contributed by atoms with Crippen LogP contribution in [0.3, 0.4) is 0 Å². The third kappa shape index (κ3) is 4.98. The van der Waals surface area contributed by atoms with Crippen LogP contribution in [0.4, 0.5) is 4.79 Å². The predicted octanol–water partition coefficient (Wildman–Crippen LogP) is 3.97. The van der Waals surface area contributed by atoms with E-state index >= 15 is 0 Å². The highest BCUT2D eigenvalue weighted by molar-refractivity contribution is 7.94. The van der Waals surface area contributed by atoms with E-state index in [2.05, 4.69) is 16.9 Å². The Bertz CT molecular complexity index is 901. The first-order valence-corrected chi connectivity index (χ1v) is 10.5. The molecule has 27 heavy (non-hydrogen) atoms. The lowest BCUT2D eigenvalue weighted by atomic mass is 9.90. The molecule has 1 aliphatic heterocycles. The maximum Gasteiger partial charge on any atom is 0.331 e. The van der Waals surface area contributed by atoms with Gasteiger partial charge in [0.1, 0.15) is 0 Å². The van der Waals surface area contributed by atoms with E-state index in [1.807, 2.05) is 48.5 Å². The number of nitrogens with zero attached hydrogens (tertiary/aromatic N) is 1. The molecular formula is C21H24N2O3S. The summed E-state index contributed by atoms with van der Waals surface area (Å²) in [6, 6.07) is 18.8. The number of benzene rings is 2. The predicted molar refractivity (Wildman–Crippen MR) is 108 cm³/mol. The van der Waals surface area contributed by atoms with E-state index in [0.717, 1.165) is 18.4 Å². The summed E-state index contributed by atoms with van der Waals surface area (Å²) in [6.45, 7) is 2.58. The highest BCUT2D eigenvalue weighted by atomic mass is 32.2. The average molecular weight is 385 g/mol. The lowest BCUT2D eigenvalue weighted by molar-refractivity contribution is 0.187. The van der Waals surface area contributed by atoms with E-state index in [0.29, 0.717) is 19.0 Å². The molecule has 0 aliphatic carbocycles. The quantitative estimate of drug-likeness (QED) is 0.867. The maximum atomic E-state index is 12.4. The van der Waals surface area contributed by atoms with Crippen LogP contribution < -0.4 is 4.72 Å². The number of urea groups is 1. The Morgan fingerprint density at radius 2 is 1.56 bits per heavy atom. The van der Waals surface area contributed by atoms with Gasteiger partial charge in [0.15, 0.2) is 0 Å². The third-order valence-corrected chi connectivity index (χ3v) is 6.28. The van der Waals surface area contributed by atoms with Gasteiger partial charge in [0, 0.05) is 13.1 Å². The first kappa shape index (κ1) is 19.2. The summed E-state index contributed by atoms with van der Waals surface area (Å²) in [7, 11) is -3.85. The maximum absolute atomic E-state index is 12.4. The molecule has 0 unspecified atom stereocenters. The SMILES string of the molecule is CC(=Cc1ccccc1)S(=O)(=O)NC(=O)N1CCC(c2ccccc2)CC1. The van der Waals surface area contributed by atoms with Crippen molar-refractivity contribution in [3.63, 3.8) is 0 Å². The molecule has 0 saturated carbocycles. The number of rotatable bonds is 4. The molecule has 0 radical (unpaired) electrons. The van der Waals surface area contributed by atoms with Gasteiger partial charge < -0.3 is 4.90 Å². The number of sulfonamides is 1. The Kier molecular flexibility index (Phi) is 5.96. The number of hydrogen-bond acceptors (Lipinski definition) is 3. The van der Waals surface area contributed by atoms with Gasteiger partial charge in [-0.15, -0.1) is 0 Å². The normalized spacial score (nSPS) is 16.2. The van der Waals surface area contributed by atoms with E-state index in [4.69, 9.17) is 0 Å². The lowest BCUT2D eigenvalue weighted by Gasteiger charge is -2.32. The van der Waals surface area contributed by atoms with Gasteiger partial charge >= 0.3 is 6.03 Å². The second kappa shape index (κ2) is 8.39. The number of nitrogens with one attached hydrogen (secondary N) is 1. The minimum atomic E-state index is -3.85. The Balaban J connectivity index is 1.59. The van der Waals surface area contributed by atoms with Crippen molar-refractivity contribution >= 4 is 22.1 Å². The van der Waals surface area contributed by atoms with Crippen molar-refractivity contribution in [2.45, 2.75) is 25.7 Å². The van der Waals surface area contributed by atoms with Crippen LogP contribution in [-0.2, 0) is 10.0 Å². The van der Waals surface area contributed by atoms with Crippen LogP contribution in [0.1, 0.15) is 36.8 Å². The highest BCUT2D eigenvalue weighted by Crippen LogP contribution is 2.27. The zero-order valence-corrected chi connectivity index (χ0v) is 16.2. The molecule has 0 spiro atoms. The summed E-state index contributed by atoms with van der Waals surface area (Å²) in [5.41, 5.74) is 2.04. The van der Waals surface area contributed by atoms with Crippen LogP contribution in [0.15, 0.2) is 65.6 Å². The summed E-state index contributed by atoms with van der Waals surface area (Å²) >= 11 is 0. The van der Waals surface area contributed by atoms with Gasteiger partial charge in [-0.1, -0.05) is 60.7 Å². The largest absolute Gasteiger partial charge is 0.331 e. The summed E-state index contributed by atoms with van der Waals surface area (Å²) in [6.07, 6.45) is 3.21. The molecule has 3 rings (SSSR count). The summed E-state index contributed by atoms with van der Waals surface area (Å²) in [5, 5.41) is 0. The van der Waals surface area contributed by atoms with Crippen molar-refractivity contribution in [3.05, 3.63) is 76.7 Å². The molecular weight excluding hydrogens is 360 g/mol. The molecule has 2 amide bonds. The molecule has 142 valence electrons. The van der Waals surface area contributed by atoms with E-state index in [9.17, 15) is 13.2 Å². The molecule has 1 N–H and O–H groups in total. The van der Waals surface area contributed by atoms with Gasteiger partial charge in [-0.25, -0.2) is 17.9 Å². The number of piperidine rings is 1. The zero-order chi connectivity index (χ0) is 19.3. The summed E-state index contributed by atoms with van der Waals surface area (Å²) in [5.74, 6) is 0.409. The second-order valence-electron chi connectivity index (χ2n) is 6.75. The molecule has 1 fully saturated rings. The van der Waals surface area contributed by atoms with E-state index < -0.39 is 16.1 Å². The third-order valence-electron chi connectivity index (χ3n) is 4.87. The molecule has 2 aromatic rings. The first-order valence-electron chi connectivity index (χ1n) is 9.06. The number of hydrogen-bond donors (Lipinski definition) is 1. The van der Waals surface area contributed by atoms with E-state index in [1.54, 1.807) is 11.0 Å². The topological polar surface area (TPSA) is 66.5 Å². The summed E-state index contributed by atoms with van der Waals surface area (Å²) < 4.78 is 27.1. The van der Waals surface area contributed by atoms with Crippen molar-refractivity contribution in [3.8, 4) is 0 Å². The highest BCUT2D eigenvalue weighted by Gasteiger charge is 2.26. The van der Waals surface area contributed by atoms with Crippen molar-refractivity contribution in [1.29, 1.82) is 0 Å². The Morgan fingerprint density at radius 3 is 2.15 bits per heavy atom. The molecule has 1 heterocycles. The first-order chi connectivity index (χ1) is 13.0. The Hall–Kier alpha value is -2.60. The molecule has 0 bridgehead atoms. The van der Waals surface area contributed by atoms with Gasteiger partial charge in [0.25, 0.3) is 10.0 Å². The molecule has 0 aromatic heterocycles. The van der Waals surface area contributed by atoms with Crippen molar-refractivity contribution in [1.82, 2.24) is 9.62 Å². The average Bonchev–Trinajstić information content (AvgIpc) is 2.69. The fourth-order valence-electron chi connectivity index (χ4n) is 3.26. The van der Waals surface area contributed by atoms with Crippen LogP contribution in [0, 0.1) is 0 Å². The fourth-order valence-corrected chi connectivity index (χ4v) is 4.07. The van der Waals surface area contributed by atoms with Crippen molar-refractivity contribution in [2.24, 2.45) is 0 Å². The molecule has 2 aromatic carbocycles. The molecule has 6 heteroatoms. The Morgan fingerprint density at radius 1 is 1.00 bits per heavy atom. The van der Waals surface area contributed by atoms with Gasteiger partial charge in [0.05, 0.1) is 4.91 Å². The van der Waals surface area contributed by atoms with Crippen LogP contribution >= 0.6 is 0 Å². The molecule has 1 aliphatic rings. The second-order valence-corrected chi connectivity index (χ2v) is 8.60. The molecule has 1 saturated heterocycles. The van der Waals surface area contributed by atoms with Crippen LogP contribution in [-0.4, -0.2) is 32.4 Å². The van der Waals surface area contributed by atoms with Gasteiger partial charge in [-0.05, 0) is 42.9 Å². The number of amides is 2. The van der Waals surface area contributed by atoms with Gasteiger partial charge in [-0.3, -0.25) is 0 Å². The zero-order valence-electron chi connectivity index (χ0n) is 15.3. The summed E-state index contributed by atoms with van der Waals surface area (Å²) in [4.78, 5) is 14.1. The van der Waals surface area contributed by atoms with Crippen LogP contribution in [0.25, 0.3) is 6.08 Å². The number of carbonyl (C=O) groups is 1. The van der Waals surface area contributed by atoms with Crippen molar-refractivity contribution in [2.75, 3.05) is 13.1 Å². The standard InChI is InChI=1S/C21H24N2O3S/c1-17(16-18-8-4-2-5-9-18)27(25,26)22-21(24)23-14-12-20(13-15-23)19-10-6-3-7-11-19/h2-11,16,20H,12-15H2,1H3,(H,22,24). The van der Waals surface area contributed by atoms with E-state index in [-0.39, 0.29) is 4.91 Å². The van der Waals surface area contributed by atoms with Crippen molar-refractivity contribution < 1.29 is 13.2 Å².